The van der Waals surface area contributed by atoms with Crippen molar-refractivity contribution in [1.82, 2.24) is 5.32 Å². The molecule has 1 saturated heterocycles. The molecule has 0 bridgehead atoms. The second-order valence-electron chi connectivity index (χ2n) is 4.44. The molecular formula is C9H15NO2S. The van der Waals surface area contributed by atoms with Gasteiger partial charge in [-0.1, -0.05) is 6.92 Å². The summed E-state index contributed by atoms with van der Waals surface area (Å²) >= 11 is 1.76. The smallest absolute Gasteiger partial charge is 0.321 e. The van der Waals surface area contributed by atoms with Gasteiger partial charge in [-0.25, -0.2) is 0 Å². The van der Waals surface area contributed by atoms with Crippen LogP contribution in [0, 0.1) is 5.41 Å². The molecule has 0 radical (unpaired) electrons. The molecule has 2 atom stereocenters. The molecule has 2 N–H and O–H groups in total. The SMILES string of the molecule is CC1(C2(C)NC(C(=O)O)CS2)CC1. The van der Waals surface area contributed by atoms with Gasteiger partial charge in [0.2, 0.25) is 0 Å². The van der Waals surface area contributed by atoms with Gasteiger partial charge in [0.05, 0.1) is 4.87 Å². The summed E-state index contributed by atoms with van der Waals surface area (Å²) in [6.07, 6.45) is 2.44. The maximum absolute atomic E-state index is 10.8. The Labute approximate surface area is 82.3 Å². The Balaban J connectivity index is 2.08. The molecule has 0 aromatic rings. The Morgan fingerprint density at radius 2 is 2.15 bits per heavy atom. The van der Waals surface area contributed by atoms with Gasteiger partial charge >= 0.3 is 5.97 Å². The van der Waals surface area contributed by atoms with E-state index in [9.17, 15) is 4.79 Å². The number of nitrogens with one attached hydrogen (secondary N) is 1. The highest BCUT2D eigenvalue weighted by atomic mass is 32.2. The number of rotatable bonds is 2. The fourth-order valence-electron chi connectivity index (χ4n) is 1.81. The second-order valence-corrected chi connectivity index (χ2v) is 5.88. The Kier molecular flexibility index (Phi) is 1.90. The lowest BCUT2D eigenvalue weighted by molar-refractivity contribution is -0.139. The van der Waals surface area contributed by atoms with Crippen LogP contribution in [0.4, 0.5) is 0 Å². The summed E-state index contributed by atoms with van der Waals surface area (Å²) in [4.78, 5) is 10.7. The molecular weight excluding hydrogens is 186 g/mol. The molecule has 0 aromatic carbocycles. The van der Waals surface area contributed by atoms with Crippen LogP contribution in [-0.2, 0) is 4.79 Å². The van der Waals surface area contributed by atoms with Crippen LogP contribution in [-0.4, -0.2) is 27.7 Å². The van der Waals surface area contributed by atoms with Crippen molar-refractivity contribution in [3.05, 3.63) is 0 Å². The third-order valence-corrected chi connectivity index (χ3v) is 5.13. The second kappa shape index (κ2) is 2.64. The van der Waals surface area contributed by atoms with Gasteiger partial charge in [0, 0.05) is 5.75 Å². The highest BCUT2D eigenvalue weighted by Gasteiger charge is 2.57. The molecule has 0 amide bonds. The van der Waals surface area contributed by atoms with E-state index in [1.54, 1.807) is 11.8 Å². The van der Waals surface area contributed by atoms with Crippen molar-refractivity contribution in [3.8, 4) is 0 Å². The van der Waals surface area contributed by atoms with E-state index in [0.717, 1.165) is 0 Å². The van der Waals surface area contributed by atoms with Crippen molar-refractivity contribution in [2.45, 2.75) is 37.6 Å². The number of hydrogen-bond donors (Lipinski definition) is 2. The summed E-state index contributed by atoms with van der Waals surface area (Å²) in [7, 11) is 0. The highest BCUT2D eigenvalue weighted by Crippen LogP contribution is 2.59. The van der Waals surface area contributed by atoms with Crippen LogP contribution in [0.3, 0.4) is 0 Å². The Morgan fingerprint density at radius 3 is 2.54 bits per heavy atom. The molecule has 4 heteroatoms. The number of carboxylic acids is 1. The quantitative estimate of drug-likeness (QED) is 0.707. The van der Waals surface area contributed by atoms with Gasteiger partial charge in [-0.2, -0.15) is 0 Å². The minimum Gasteiger partial charge on any atom is -0.480 e. The molecule has 1 aliphatic heterocycles. The van der Waals surface area contributed by atoms with Crippen LogP contribution in [0.15, 0.2) is 0 Å². The third kappa shape index (κ3) is 1.36. The van der Waals surface area contributed by atoms with E-state index >= 15 is 0 Å². The van der Waals surface area contributed by atoms with E-state index in [4.69, 9.17) is 5.11 Å². The molecule has 0 spiro atoms. The van der Waals surface area contributed by atoms with Crippen LogP contribution in [0.1, 0.15) is 26.7 Å². The summed E-state index contributed by atoms with van der Waals surface area (Å²) in [5, 5.41) is 12.1. The summed E-state index contributed by atoms with van der Waals surface area (Å²) < 4.78 is 0. The molecule has 0 aromatic heterocycles. The number of hydrogen-bond acceptors (Lipinski definition) is 3. The standard InChI is InChI=1S/C9H15NO2S/c1-8(3-4-8)9(2)10-6(5-13-9)7(11)12/h6,10H,3-5H2,1-2H3,(H,11,12). The summed E-state index contributed by atoms with van der Waals surface area (Å²) in [6.45, 7) is 4.37. The first-order valence-electron chi connectivity index (χ1n) is 4.61. The summed E-state index contributed by atoms with van der Waals surface area (Å²) in [5.41, 5.74) is 0.321. The van der Waals surface area contributed by atoms with Crippen molar-refractivity contribution in [1.29, 1.82) is 0 Å². The van der Waals surface area contributed by atoms with Crippen molar-refractivity contribution in [2.24, 2.45) is 5.41 Å². The van der Waals surface area contributed by atoms with E-state index in [2.05, 4.69) is 19.2 Å². The molecule has 2 rings (SSSR count). The topological polar surface area (TPSA) is 49.3 Å². The van der Waals surface area contributed by atoms with Gasteiger partial charge in [-0.3, -0.25) is 10.1 Å². The first-order valence-corrected chi connectivity index (χ1v) is 5.60. The maximum Gasteiger partial charge on any atom is 0.321 e. The predicted molar refractivity (Wildman–Crippen MR) is 52.8 cm³/mol. The molecule has 3 nitrogen and oxygen atoms in total. The lowest BCUT2D eigenvalue weighted by Crippen LogP contribution is -2.47. The first kappa shape index (κ1) is 9.34. The van der Waals surface area contributed by atoms with Crippen LogP contribution < -0.4 is 5.32 Å². The molecule has 2 fully saturated rings. The van der Waals surface area contributed by atoms with Gasteiger partial charge in [0.25, 0.3) is 0 Å². The monoisotopic (exact) mass is 201 g/mol. The van der Waals surface area contributed by atoms with Crippen molar-refractivity contribution in [2.75, 3.05) is 5.75 Å². The average molecular weight is 201 g/mol. The largest absolute Gasteiger partial charge is 0.480 e. The maximum atomic E-state index is 10.8. The minimum atomic E-state index is -0.722. The minimum absolute atomic E-state index is 0.0178. The number of carbonyl (C=O) groups is 1. The zero-order chi connectivity index (χ0) is 9.69. The first-order chi connectivity index (χ1) is 5.97. The number of aliphatic carboxylic acids is 1. The average Bonchev–Trinajstić information content (AvgIpc) is 2.64. The fraction of sp³-hybridized carbons (Fsp3) is 0.889. The van der Waals surface area contributed by atoms with E-state index in [1.165, 1.54) is 12.8 Å². The van der Waals surface area contributed by atoms with Crippen LogP contribution in [0.2, 0.25) is 0 Å². The van der Waals surface area contributed by atoms with Crippen molar-refractivity contribution >= 4 is 17.7 Å². The van der Waals surface area contributed by atoms with Gasteiger partial charge in [-0.05, 0) is 25.2 Å². The normalized spacial score (nSPS) is 41.8. The van der Waals surface area contributed by atoms with Crippen LogP contribution in [0.5, 0.6) is 0 Å². The van der Waals surface area contributed by atoms with Crippen molar-refractivity contribution < 1.29 is 9.90 Å². The number of carboxylic acid groups (broad SMARTS) is 1. The van der Waals surface area contributed by atoms with Crippen molar-refractivity contribution in [3.63, 3.8) is 0 Å². The Morgan fingerprint density at radius 1 is 1.54 bits per heavy atom. The summed E-state index contributed by atoms with van der Waals surface area (Å²) in [6, 6.07) is -0.354. The highest BCUT2D eigenvalue weighted by molar-refractivity contribution is 8.01. The van der Waals surface area contributed by atoms with E-state index < -0.39 is 5.97 Å². The van der Waals surface area contributed by atoms with Gasteiger partial charge in [-0.15, -0.1) is 11.8 Å². The Hall–Kier alpha value is -0.220. The fourth-order valence-corrected chi connectivity index (χ4v) is 3.32. The van der Waals surface area contributed by atoms with Gasteiger partial charge < -0.3 is 5.11 Å². The molecule has 2 unspecified atom stereocenters. The lowest BCUT2D eigenvalue weighted by atomic mass is 9.99. The van der Waals surface area contributed by atoms with E-state index in [-0.39, 0.29) is 10.9 Å². The molecule has 13 heavy (non-hydrogen) atoms. The van der Waals surface area contributed by atoms with Gasteiger partial charge in [0.15, 0.2) is 0 Å². The van der Waals surface area contributed by atoms with Crippen LogP contribution >= 0.6 is 11.8 Å². The van der Waals surface area contributed by atoms with Crippen LogP contribution in [0.25, 0.3) is 0 Å². The zero-order valence-electron chi connectivity index (χ0n) is 7.96. The zero-order valence-corrected chi connectivity index (χ0v) is 8.78. The summed E-state index contributed by atoms with van der Waals surface area (Å²) in [5.74, 6) is -0.0259. The van der Waals surface area contributed by atoms with E-state index in [0.29, 0.717) is 11.2 Å². The molecule has 2 aliphatic rings. The lowest BCUT2D eigenvalue weighted by Gasteiger charge is -2.31. The third-order valence-electron chi connectivity index (χ3n) is 3.44. The number of thioether (sulfide) groups is 1. The van der Waals surface area contributed by atoms with E-state index in [1.807, 2.05) is 0 Å². The molecule has 1 saturated carbocycles. The molecule has 74 valence electrons. The molecule has 1 heterocycles. The predicted octanol–water partition coefficient (Wildman–Crippen LogP) is 1.29. The Bertz CT molecular complexity index is 252. The van der Waals surface area contributed by atoms with Gasteiger partial charge in [0.1, 0.15) is 6.04 Å². The molecule has 1 aliphatic carbocycles.